The molecule has 0 aliphatic heterocycles. The first-order valence-corrected chi connectivity index (χ1v) is 6.97. The van der Waals surface area contributed by atoms with Gasteiger partial charge in [-0.2, -0.15) is 0 Å². The van der Waals surface area contributed by atoms with E-state index in [1.165, 1.54) is 5.56 Å². The van der Waals surface area contributed by atoms with Crippen molar-refractivity contribution in [2.45, 2.75) is 38.5 Å². The van der Waals surface area contributed by atoms with Gasteiger partial charge in [0.2, 0.25) is 0 Å². The summed E-state index contributed by atoms with van der Waals surface area (Å²) in [4.78, 5) is 12.4. The molecule has 1 aromatic carbocycles. The third-order valence-corrected chi connectivity index (χ3v) is 4.11. The predicted molar refractivity (Wildman–Crippen MR) is 77.4 cm³/mol. The van der Waals surface area contributed by atoms with E-state index in [2.05, 4.69) is 12.6 Å². The number of hydrogen-bond acceptors (Lipinski definition) is 2. The number of ketones is 1. The first-order chi connectivity index (χ1) is 9.20. The molecule has 1 aliphatic rings. The summed E-state index contributed by atoms with van der Waals surface area (Å²) < 4.78 is 5.26. The lowest BCUT2D eigenvalue weighted by Gasteiger charge is -2.35. The molecule has 2 heteroatoms. The van der Waals surface area contributed by atoms with E-state index in [9.17, 15) is 4.79 Å². The molecule has 1 fully saturated rings. The Morgan fingerprint density at radius 1 is 1.42 bits per heavy atom. The van der Waals surface area contributed by atoms with Crippen LogP contribution in [0.2, 0.25) is 0 Å². The molecule has 1 aromatic rings. The molecule has 0 saturated heterocycles. The van der Waals surface area contributed by atoms with Crippen LogP contribution < -0.4 is 4.74 Å². The van der Waals surface area contributed by atoms with Gasteiger partial charge in [-0.15, -0.1) is 6.58 Å². The summed E-state index contributed by atoms with van der Waals surface area (Å²) in [5.41, 5.74) is 0.947. The van der Waals surface area contributed by atoms with Crippen molar-refractivity contribution in [1.29, 1.82) is 0 Å². The molecule has 1 unspecified atom stereocenters. The highest BCUT2D eigenvalue weighted by atomic mass is 16.5. The quantitative estimate of drug-likeness (QED) is 0.748. The number of allylic oxidation sites excluding steroid dienone is 1. The Balaban J connectivity index is 2.24. The van der Waals surface area contributed by atoms with Crippen molar-refractivity contribution in [3.05, 3.63) is 42.5 Å². The van der Waals surface area contributed by atoms with Gasteiger partial charge < -0.3 is 4.74 Å². The summed E-state index contributed by atoms with van der Waals surface area (Å²) in [5.74, 6) is 1.26. The average Bonchev–Trinajstić information content (AvgIpc) is 2.43. The zero-order chi connectivity index (χ0) is 13.7. The summed E-state index contributed by atoms with van der Waals surface area (Å²) in [7, 11) is 1.67. The number of benzene rings is 1. The lowest BCUT2D eigenvalue weighted by molar-refractivity contribution is -0.131. The van der Waals surface area contributed by atoms with Crippen LogP contribution in [0.1, 0.15) is 37.7 Å². The topological polar surface area (TPSA) is 26.3 Å². The van der Waals surface area contributed by atoms with Gasteiger partial charge in [-0.3, -0.25) is 4.79 Å². The summed E-state index contributed by atoms with van der Waals surface area (Å²) in [5, 5.41) is 0. The molecule has 1 atom stereocenters. The van der Waals surface area contributed by atoms with E-state index in [0.717, 1.165) is 44.3 Å². The second-order valence-electron chi connectivity index (χ2n) is 5.43. The van der Waals surface area contributed by atoms with Crippen LogP contribution in [0.4, 0.5) is 0 Å². The monoisotopic (exact) mass is 258 g/mol. The highest BCUT2D eigenvalue weighted by molar-refractivity contribution is 5.86. The zero-order valence-electron chi connectivity index (χ0n) is 11.7. The number of rotatable bonds is 5. The van der Waals surface area contributed by atoms with Gasteiger partial charge in [-0.1, -0.05) is 24.6 Å². The fourth-order valence-corrected chi connectivity index (χ4v) is 3.08. The summed E-state index contributed by atoms with van der Waals surface area (Å²) in [6, 6.07) is 8.04. The van der Waals surface area contributed by atoms with Crippen molar-refractivity contribution in [1.82, 2.24) is 0 Å². The van der Waals surface area contributed by atoms with E-state index in [1.54, 1.807) is 7.11 Å². The first kappa shape index (κ1) is 13.9. The van der Waals surface area contributed by atoms with Crippen molar-refractivity contribution in [3.63, 3.8) is 0 Å². The highest BCUT2D eigenvalue weighted by Gasteiger charge is 2.38. The largest absolute Gasteiger partial charge is 0.497 e. The van der Waals surface area contributed by atoms with E-state index in [1.807, 2.05) is 24.3 Å². The Morgan fingerprint density at radius 3 is 2.95 bits per heavy atom. The molecule has 19 heavy (non-hydrogen) atoms. The average molecular weight is 258 g/mol. The maximum absolute atomic E-state index is 12.4. The molecule has 2 nitrogen and oxygen atoms in total. The third kappa shape index (κ3) is 3.06. The normalized spacial score (nSPS) is 23.1. The first-order valence-electron chi connectivity index (χ1n) is 6.97. The maximum atomic E-state index is 12.4. The maximum Gasteiger partial charge on any atom is 0.139 e. The van der Waals surface area contributed by atoms with E-state index in [-0.39, 0.29) is 5.41 Å². The van der Waals surface area contributed by atoms with Crippen molar-refractivity contribution < 1.29 is 9.53 Å². The number of carbonyl (C=O) groups excluding carboxylic acids is 1. The van der Waals surface area contributed by atoms with Crippen LogP contribution in [0.25, 0.3) is 0 Å². The third-order valence-electron chi connectivity index (χ3n) is 4.11. The van der Waals surface area contributed by atoms with Crippen LogP contribution in [0.5, 0.6) is 5.75 Å². The SMILES string of the molecule is C=CCC1(Cc2cccc(OC)c2)CCCCC1=O. The molecule has 2 rings (SSSR count). The molecular weight excluding hydrogens is 236 g/mol. The molecule has 0 amide bonds. The molecule has 0 N–H and O–H groups in total. The van der Waals surface area contributed by atoms with Crippen molar-refractivity contribution in [2.24, 2.45) is 5.41 Å². The molecule has 1 aliphatic carbocycles. The second kappa shape index (κ2) is 6.05. The lowest BCUT2D eigenvalue weighted by atomic mass is 9.67. The number of hydrogen-bond donors (Lipinski definition) is 0. The van der Waals surface area contributed by atoms with Crippen molar-refractivity contribution in [3.8, 4) is 5.75 Å². The molecule has 1 saturated carbocycles. The van der Waals surface area contributed by atoms with Crippen molar-refractivity contribution >= 4 is 5.78 Å². The van der Waals surface area contributed by atoms with Crippen molar-refractivity contribution in [2.75, 3.05) is 7.11 Å². The van der Waals surface area contributed by atoms with Gasteiger partial charge in [-0.05, 0) is 43.4 Å². The van der Waals surface area contributed by atoms with Crippen LogP contribution in [0.15, 0.2) is 36.9 Å². The Kier molecular flexibility index (Phi) is 4.41. The molecular formula is C17H22O2. The molecule has 0 aromatic heterocycles. The van der Waals surface area contributed by atoms with Gasteiger partial charge in [0.15, 0.2) is 0 Å². The van der Waals surface area contributed by atoms with Crippen LogP contribution in [-0.2, 0) is 11.2 Å². The van der Waals surface area contributed by atoms with Crippen LogP contribution in [0.3, 0.4) is 0 Å². The van der Waals surface area contributed by atoms with Crippen LogP contribution in [-0.4, -0.2) is 12.9 Å². The van der Waals surface area contributed by atoms with Gasteiger partial charge in [0.25, 0.3) is 0 Å². The summed E-state index contributed by atoms with van der Waals surface area (Å²) in [6.07, 6.45) is 7.35. The molecule has 0 heterocycles. The van der Waals surface area contributed by atoms with E-state index in [0.29, 0.717) is 5.78 Å². The van der Waals surface area contributed by atoms with E-state index >= 15 is 0 Å². The summed E-state index contributed by atoms with van der Waals surface area (Å²) >= 11 is 0. The number of methoxy groups -OCH3 is 1. The fourth-order valence-electron chi connectivity index (χ4n) is 3.08. The summed E-state index contributed by atoms with van der Waals surface area (Å²) in [6.45, 7) is 3.83. The number of Topliss-reactive ketones (excluding diaryl/α,β-unsaturated/α-hetero) is 1. The minimum Gasteiger partial charge on any atom is -0.497 e. The smallest absolute Gasteiger partial charge is 0.139 e. The van der Waals surface area contributed by atoms with Crippen LogP contribution >= 0.6 is 0 Å². The minimum atomic E-state index is -0.230. The van der Waals surface area contributed by atoms with E-state index < -0.39 is 0 Å². The standard InChI is InChI=1S/C17H22O2/c1-3-10-17(11-5-4-9-16(17)18)13-14-7-6-8-15(12-14)19-2/h3,6-8,12H,1,4-5,9-11,13H2,2H3. The zero-order valence-corrected chi connectivity index (χ0v) is 11.7. The highest BCUT2D eigenvalue weighted by Crippen LogP contribution is 2.40. The Bertz CT molecular complexity index is 464. The van der Waals surface area contributed by atoms with E-state index in [4.69, 9.17) is 4.74 Å². The molecule has 102 valence electrons. The lowest BCUT2D eigenvalue weighted by Crippen LogP contribution is -2.36. The van der Waals surface area contributed by atoms with Gasteiger partial charge in [0.05, 0.1) is 7.11 Å². The number of ether oxygens (including phenoxy) is 1. The van der Waals surface area contributed by atoms with Gasteiger partial charge >= 0.3 is 0 Å². The molecule has 0 spiro atoms. The van der Waals surface area contributed by atoms with Gasteiger partial charge in [-0.25, -0.2) is 0 Å². The van der Waals surface area contributed by atoms with Crippen LogP contribution in [0, 0.1) is 5.41 Å². The van der Waals surface area contributed by atoms with Gasteiger partial charge in [0.1, 0.15) is 11.5 Å². The Labute approximate surface area is 115 Å². The molecule has 0 radical (unpaired) electrons. The Morgan fingerprint density at radius 2 is 2.26 bits per heavy atom. The second-order valence-corrected chi connectivity index (χ2v) is 5.43. The minimum absolute atomic E-state index is 0.230. The Hall–Kier alpha value is -1.57. The van der Waals surface area contributed by atoms with Gasteiger partial charge in [0, 0.05) is 11.8 Å². The molecule has 0 bridgehead atoms. The number of carbonyl (C=O) groups is 1. The predicted octanol–water partition coefficient (Wildman–Crippen LogP) is 3.94. The fraction of sp³-hybridized carbons (Fsp3) is 0.471.